The molecule has 1 fully saturated rings. The van der Waals surface area contributed by atoms with Crippen molar-refractivity contribution in [1.29, 1.82) is 0 Å². The number of aromatic nitrogens is 2. The van der Waals surface area contributed by atoms with Crippen molar-refractivity contribution in [3.8, 4) is 0 Å². The number of aromatic amines is 1. The van der Waals surface area contributed by atoms with Gasteiger partial charge in [-0.1, -0.05) is 24.3 Å². The zero-order valence-corrected chi connectivity index (χ0v) is 16.3. The van der Waals surface area contributed by atoms with E-state index in [9.17, 15) is 9.59 Å². The van der Waals surface area contributed by atoms with Crippen molar-refractivity contribution in [3.05, 3.63) is 69.8 Å². The number of nitrogens with zero attached hydrogens (tertiary/aromatic N) is 1. The second kappa shape index (κ2) is 8.45. The van der Waals surface area contributed by atoms with Crippen molar-refractivity contribution < 1.29 is 9.53 Å². The van der Waals surface area contributed by atoms with Gasteiger partial charge >= 0.3 is 0 Å². The number of amides is 1. The van der Waals surface area contributed by atoms with Crippen LogP contribution in [0.1, 0.15) is 34.6 Å². The summed E-state index contributed by atoms with van der Waals surface area (Å²) in [7, 11) is 0. The first-order valence-electron chi connectivity index (χ1n) is 9.83. The first kappa shape index (κ1) is 19.1. The van der Waals surface area contributed by atoms with Gasteiger partial charge in [-0.25, -0.2) is 4.98 Å². The van der Waals surface area contributed by atoms with Gasteiger partial charge in [0.05, 0.1) is 29.1 Å². The number of para-hydroxylation sites is 2. The van der Waals surface area contributed by atoms with Crippen molar-refractivity contribution in [3.63, 3.8) is 0 Å². The van der Waals surface area contributed by atoms with Crippen LogP contribution >= 0.6 is 0 Å². The Morgan fingerprint density at radius 1 is 1.24 bits per heavy atom. The fourth-order valence-electron chi connectivity index (χ4n) is 3.56. The predicted octanol–water partition coefficient (Wildman–Crippen LogP) is 2.75. The lowest BCUT2D eigenvalue weighted by Crippen LogP contribution is -2.32. The van der Waals surface area contributed by atoms with Crippen LogP contribution in [-0.2, 0) is 11.3 Å². The molecule has 0 bridgehead atoms. The molecular weight excluding hydrogens is 368 g/mol. The molecule has 0 aliphatic carbocycles. The van der Waals surface area contributed by atoms with Gasteiger partial charge in [-0.3, -0.25) is 9.59 Å². The Hall–Kier alpha value is -3.19. The number of rotatable bonds is 6. The highest BCUT2D eigenvalue weighted by Gasteiger charge is 2.18. The summed E-state index contributed by atoms with van der Waals surface area (Å²) in [5.41, 5.74) is 2.70. The van der Waals surface area contributed by atoms with Crippen molar-refractivity contribution in [2.75, 3.05) is 18.5 Å². The summed E-state index contributed by atoms with van der Waals surface area (Å²) >= 11 is 0. The van der Waals surface area contributed by atoms with Crippen LogP contribution in [0, 0.1) is 6.92 Å². The molecule has 1 atom stereocenters. The number of H-pyrrole nitrogens is 1. The smallest absolute Gasteiger partial charge is 0.258 e. The first-order chi connectivity index (χ1) is 14.1. The minimum Gasteiger partial charge on any atom is -0.377 e. The second-order valence-corrected chi connectivity index (χ2v) is 7.23. The molecule has 150 valence electrons. The third-order valence-corrected chi connectivity index (χ3v) is 5.12. The molecule has 1 aliphatic rings. The maximum Gasteiger partial charge on any atom is 0.258 e. The minimum atomic E-state index is -0.168. The zero-order valence-electron chi connectivity index (χ0n) is 16.3. The van der Waals surface area contributed by atoms with Crippen molar-refractivity contribution >= 4 is 22.5 Å². The lowest BCUT2D eigenvalue weighted by atomic mass is 10.1. The van der Waals surface area contributed by atoms with E-state index in [1.807, 2.05) is 37.3 Å². The van der Waals surface area contributed by atoms with Crippen LogP contribution in [-0.4, -0.2) is 35.1 Å². The van der Waals surface area contributed by atoms with E-state index in [-0.39, 0.29) is 17.6 Å². The quantitative estimate of drug-likeness (QED) is 0.599. The maximum atomic E-state index is 12.6. The van der Waals surface area contributed by atoms with Gasteiger partial charge in [0.25, 0.3) is 11.5 Å². The summed E-state index contributed by atoms with van der Waals surface area (Å²) in [4.78, 5) is 32.4. The lowest BCUT2D eigenvalue weighted by molar-refractivity contribution is 0.0858. The summed E-state index contributed by atoms with van der Waals surface area (Å²) < 4.78 is 5.56. The first-order valence-corrected chi connectivity index (χ1v) is 9.83. The Balaban J connectivity index is 1.49. The van der Waals surface area contributed by atoms with Gasteiger partial charge in [0, 0.05) is 18.8 Å². The molecule has 0 radical (unpaired) electrons. The number of carbonyl (C=O) groups excluding carboxylic acids is 1. The highest BCUT2D eigenvalue weighted by Crippen LogP contribution is 2.17. The summed E-state index contributed by atoms with van der Waals surface area (Å²) in [6.07, 6.45) is 2.10. The number of anilines is 1. The van der Waals surface area contributed by atoms with Crippen LogP contribution in [0.3, 0.4) is 0 Å². The molecule has 1 aromatic heterocycles. The van der Waals surface area contributed by atoms with Crippen LogP contribution < -0.4 is 16.2 Å². The predicted molar refractivity (Wildman–Crippen MR) is 112 cm³/mol. The molecule has 29 heavy (non-hydrogen) atoms. The molecule has 2 heterocycles. The number of benzene rings is 2. The molecule has 1 amide bonds. The fourth-order valence-corrected chi connectivity index (χ4v) is 3.56. The number of hydrogen-bond acceptors (Lipinski definition) is 5. The van der Waals surface area contributed by atoms with Crippen LogP contribution in [0.25, 0.3) is 10.9 Å². The topological polar surface area (TPSA) is 96.1 Å². The van der Waals surface area contributed by atoms with Gasteiger partial charge < -0.3 is 20.4 Å². The minimum absolute atomic E-state index is 0.0918. The highest BCUT2D eigenvalue weighted by molar-refractivity contribution is 5.99. The number of aryl methyl sites for hydroxylation is 1. The molecule has 1 saturated heterocycles. The molecule has 2 aromatic carbocycles. The number of nitrogens with one attached hydrogen (secondary N) is 3. The van der Waals surface area contributed by atoms with E-state index >= 15 is 0 Å². The largest absolute Gasteiger partial charge is 0.377 e. The maximum absolute atomic E-state index is 12.6. The zero-order chi connectivity index (χ0) is 20.2. The van der Waals surface area contributed by atoms with Gasteiger partial charge in [0.1, 0.15) is 5.82 Å². The van der Waals surface area contributed by atoms with Crippen molar-refractivity contribution in [2.24, 2.45) is 0 Å². The molecule has 1 aliphatic heterocycles. The van der Waals surface area contributed by atoms with Crippen molar-refractivity contribution in [1.82, 2.24) is 15.3 Å². The van der Waals surface area contributed by atoms with E-state index in [2.05, 4.69) is 20.6 Å². The average molecular weight is 392 g/mol. The molecule has 4 rings (SSSR count). The second-order valence-electron chi connectivity index (χ2n) is 7.23. The molecule has 0 spiro atoms. The average Bonchev–Trinajstić information content (AvgIpc) is 3.25. The molecule has 7 heteroatoms. The van der Waals surface area contributed by atoms with Crippen molar-refractivity contribution in [2.45, 2.75) is 32.4 Å². The summed E-state index contributed by atoms with van der Waals surface area (Å²) in [6.45, 7) is 3.50. The van der Waals surface area contributed by atoms with E-state index in [1.165, 1.54) is 0 Å². The Labute approximate surface area is 168 Å². The summed E-state index contributed by atoms with van der Waals surface area (Å²) in [5, 5.41) is 6.74. The van der Waals surface area contributed by atoms with Crippen LogP contribution in [0.15, 0.2) is 47.3 Å². The molecule has 7 nitrogen and oxygen atoms in total. The number of fused-ring (bicyclic) bond motifs is 1. The van der Waals surface area contributed by atoms with Crippen LogP contribution in [0.4, 0.5) is 5.69 Å². The number of carbonyl (C=O) groups is 1. The van der Waals surface area contributed by atoms with E-state index in [0.717, 1.165) is 25.0 Å². The number of hydrogen-bond donors (Lipinski definition) is 3. The third kappa shape index (κ3) is 4.30. The molecular formula is C22H24N4O3. The van der Waals surface area contributed by atoms with Gasteiger partial charge in [0.15, 0.2) is 0 Å². The Morgan fingerprint density at radius 2 is 2.10 bits per heavy atom. The van der Waals surface area contributed by atoms with Crippen LogP contribution in [0.2, 0.25) is 0 Å². The SMILES string of the molecule is Cc1cccc2c(=O)[nH]c(CNc3ccccc3C(=O)NC[C@@H]3CCCO3)nc12. The van der Waals surface area contributed by atoms with Gasteiger partial charge in [-0.05, 0) is 43.5 Å². The normalized spacial score (nSPS) is 16.1. The number of ether oxygens (including phenoxy) is 1. The molecule has 0 unspecified atom stereocenters. The fraction of sp³-hybridized carbons (Fsp3) is 0.318. The van der Waals surface area contributed by atoms with Gasteiger partial charge in [0.2, 0.25) is 0 Å². The molecule has 3 N–H and O–H groups in total. The lowest BCUT2D eigenvalue weighted by Gasteiger charge is -2.14. The highest BCUT2D eigenvalue weighted by atomic mass is 16.5. The monoisotopic (exact) mass is 392 g/mol. The van der Waals surface area contributed by atoms with E-state index < -0.39 is 0 Å². The molecule has 3 aromatic rings. The third-order valence-electron chi connectivity index (χ3n) is 5.12. The van der Waals surface area contributed by atoms with Crippen LogP contribution in [0.5, 0.6) is 0 Å². The summed E-state index contributed by atoms with van der Waals surface area (Å²) in [6, 6.07) is 12.8. The Morgan fingerprint density at radius 3 is 2.93 bits per heavy atom. The molecule has 0 saturated carbocycles. The summed E-state index contributed by atoms with van der Waals surface area (Å²) in [5.74, 6) is 0.366. The Bertz CT molecular complexity index is 1090. The van der Waals surface area contributed by atoms with E-state index in [1.54, 1.807) is 12.1 Å². The standard InChI is InChI=1S/C22H24N4O3/c1-14-6-4-9-17-20(14)25-19(26-22(17)28)13-23-18-10-3-2-8-16(18)21(27)24-12-15-7-5-11-29-15/h2-4,6,8-10,15,23H,5,7,11-13H2,1H3,(H,24,27)(H,25,26,28)/t15-/m0/s1. The van der Waals surface area contributed by atoms with E-state index in [4.69, 9.17) is 4.74 Å². The van der Waals surface area contributed by atoms with Gasteiger partial charge in [-0.15, -0.1) is 0 Å². The Kier molecular flexibility index (Phi) is 5.57. The van der Waals surface area contributed by atoms with E-state index in [0.29, 0.717) is 41.1 Å². The van der Waals surface area contributed by atoms with Gasteiger partial charge in [-0.2, -0.15) is 0 Å².